The molecule has 7 nitrogen and oxygen atoms in total. The molecule has 0 fully saturated rings. The number of hydrogen-bond acceptors (Lipinski definition) is 5. The third kappa shape index (κ3) is 5.97. The van der Waals surface area contributed by atoms with Gasteiger partial charge in [0.2, 0.25) is 5.89 Å². The predicted molar refractivity (Wildman–Crippen MR) is 150 cm³/mol. The van der Waals surface area contributed by atoms with Crippen molar-refractivity contribution in [2.75, 3.05) is 0 Å². The zero-order valence-electron chi connectivity index (χ0n) is 22.3. The maximum Gasteiger partial charge on any atom is 0.268 e. The molecule has 0 radical (unpaired) electrons. The molecule has 2 N–H and O–H groups in total. The van der Waals surface area contributed by atoms with E-state index in [1.165, 1.54) is 0 Å². The monoisotopic (exact) mass is 538 g/mol. The minimum Gasteiger partial charge on any atom is -0.436 e. The van der Waals surface area contributed by atoms with E-state index in [1.807, 2.05) is 41.0 Å². The number of primary amides is 1. The molecule has 4 aromatic rings. The molecule has 2 unspecified atom stereocenters. The summed E-state index contributed by atoms with van der Waals surface area (Å²) in [5.41, 5.74) is 9.27. The fraction of sp³-hybridized carbons (Fsp3) is 0.393. The van der Waals surface area contributed by atoms with Gasteiger partial charge in [0.05, 0.1) is 18.5 Å². The number of amides is 1. The van der Waals surface area contributed by atoms with Gasteiger partial charge >= 0.3 is 0 Å². The van der Waals surface area contributed by atoms with Gasteiger partial charge in [-0.1, -0.05) is 44.5 Å². The number of oxazole rings is 1. The Bertz CT molecular complexity index is 1390. The van der Waals surface area contributed by atoms with E-state index in [4.69, 9.17) is 31.2 Å². The first-order valence-electron chi connectivity index (χ1n) is 12.5. The SMILES string of the molecule is CC(O[Si](C)(C)C(C)(C)C)C(CCc1cccc2oc(-c3ccc(Cl)cc3)nc12)n1cnc(C(N)=O)c1. The number of benzene rings is 2. The van der Waals surface area contributed by atoms with Gasteiger partial charge in [0.25, 0.3) is 5.91 Å². The van der Waals surface area contributed by atoms with Gasteiger partial charge in [0.1, 0.15) is 11.2 Å². The fourth-order valence-corrected chi connectivity index (χ4v) is 5.78. The molecule has 4 rings (SSSR count). The first kappa shape index (κ1) is 27.1. The van der Waals surface area contributed by atoms with Crippen LogP contribution in [0, 0.1) is 0 Å². The van der Waals surface area contributed by atoms with Crippen molar-refractivity contribution in [3.8, 4) is 11.5 Å². The first-order valence-corrected chi connectivity index (χ1v) is 15.8. The number of halogens is 1. The average Bonchev–Trinajstić information content (AvgIpc) is 3.47. The van der Waals surface area contributed by atoms with E-state index >= 15 is 0 Å². The molecule has 2 aromatic heterocycles. The summed E-state index contributed by atoms with van der Waals surface area (Å²) < 4.78 is 14.8. The number of hydrogen-bond donors (Lipinski definition) is 1. The molecule has 0 saturated carbocycles. The van der Waals surface area contributed by atoms with Gasteiger partial charge in [-0.15, -0.1) is 0 Å². The third-order valence-corrected chi connectivity index (χ3v) is 12.2. The van der Waals surface area contributed by atoms with Crippen LogP contribution in [0.3, 0.4) is 0 Å². The third-order valence-electron chi connectivity index (χ3n) is 7.37. The second-order valence-electron chi connectivity index (χ2n) is 11.0. The van der Waals surface area contributed by atoms with Gasteiger partial charge in [-0.3, -0.25) is 4.79 Å². The standard InChI is InChI=1S/C28H35ClN4O3Si/c1-18(36-37(5,6)28(2,3)4)23(33-16-22(26(30)34)31-17-33)15-12-19-8-7-9-24-25(19)32-27(35-24)20-10-13-21(29)14-11-20/h7-11,13-14,16-18,23H,12,15H2,1-6H3,(H2,30,34). The minimum absolute atomic E-state index is 0.0485. The van der Waals surface area contributed by atoms with Crippen molar-refractivity contribution in [2.24, 2.45) is 5.73 Å². The maximum atomic E-state index is 11.7. The summed E-state index contributed by atoms with van der Waals surface area (Å²) in [7, 11) is -2.03. The van der Waals surface area contributed by atoms with Crippen LogP contribution in [0.15, 0.2) is 59.4 Å². The van der Waals surface area contributed by atoms with E-state index in [1.54, 1.807) is 12.5 Å². The number of fused-ring (bicyclic) bond motifs is 1. The molecule has 0 bridgehead atoms. The lowest BCUT2D eigenvalue weighted by Gasteiger charge is -2.40. The second-order valence-corrected chi connectivity index (χ2v) is 16.2. The number of carbonyl (C=O) groups excluding carboxylic acids is 1. The fourth-order valence-electron chi connectivity index (χ4n) is 4.22. The van der Waals surface area contributed by atoms with E-state index in [-0.39, 0.29) is 22.9 Å². The molecule has 1 amide bonds. The van der Waals surface area contributed by atoms with E-state index in [0.29, 0.717) is 10.9 Å². The molecular formula is C28H35ClN4O3Si. The Labute approximate surface area is 224 Å². The molecule has 0 aliphatic heterocycles. The molecule has 2 aromatic carbocycles. The summed E-state index contributed by atoms with van der Waals surface area (Å²) in [6.07, 6.45) is 4.78. The quantitative estimate of drug-likeness (QED) is 0.231. The van der Waals surface area contributed by atoms with Crippen LogP contribution in [0.25, 0.3) is 22.6 Å². The van der Waals surface area contributed by atoms with Crippen LogP contribution in [0.5, 0.6) is 0 Å². The number of aromatic nitrogens is 3. The zero-order valence-corrected chi connectivity index (χ0v) is 24.0. The summed E-state index contributed by atoms with van der Waals surface area (Å²) >= 11 is 6.04. The van der Waals surface area contributed by atoms with E-state index in [9.17, 15) is 4.79 Å². The van der Waals surface area contributed by atoms with Crippen molar-refractivity contribution >= 4 is 36.9 Å². The van der Waals surface area contributed by atoms with Crippen LogP contribution in [0.2, 0.25) is 23.2 Å². The lowest BCUT2D eigenvalue weighted by atomic mass is 10.0. The largest absolute Gasteiger partial charge is 0.436 e. The van der Waals surface area contributed by atoms with Crippen molar-refractivity contribution in [1.29, 1.82) is 0 Å². The van der Waals surface area contributed by atoms with Crippen molar-refractivity contribution in [3.63, 3.8) is 0 Å². The molecule has 2 heterocycles. The summed E-state index contributed by atoms with van der Waals surface area (Å²) in [6.45, 7) is 13.3. The number of para-hydroxylation sites is 1. The number of imidazole rings is 1. The second kappa shape index (κ2) is 10.4. The molecule has 37 heavy (non-hydrogen) atoms. The molecule has 196 valence electrons. The Morgan fingerprint density at radius 1 is 1.19 bits per heavy atom. The van der Waals surface area contributed by atoms with Crippen molar-refractivity contribution in [1.82, 2.24) is 14.5 Å². The number of nitrogens with two attached hydrogens (primary N) is 1. The van der Waals surface area contributed by atoms with E-state index < -0.39 is 14.2 Å². The highest BCUT2D eigenvalue weighted by Crippen LogP contribution is 2.39. The summed E-state index contributed by atoms with van der Waals surface area (Å²) in [4.78, 5) is 20.8. The Balaban J connectivity index is 1.62. The minimum atomic E-state index is -2.03. The highest BCUT2D eigenvalue weighted by Gasteiger charge is 2.40. The van der Waals surface area contributed by atoms with Crippen LogP contribution in [0.4, 0.5) is 0 Å². The summed E-state index contributed by atoms with van der Waals surface area (Å²) in [6, 6.07) is 13.4. The molecular weight excluding hydrogens is 504 g/mol. The van der Waals surface area contributed by atoms with Gasteiger partial charge in [-0.2, -0.15) is 0 Å². The van der Waals surface area contributed by atoms with Gasteiger partial charge in [-0.05, 0) is 73.8 Å². The number of nitrogens with zero attached hydrogens (tertiary/aromatic N) is 3. The topological polar surface area (TPSA) is 96.2 Å². The van der Waals surface area contributed by atoms with Crippen LogP contribution in [-0.4, -0.2) is 34.9 Å². The molecule has 9 heteroatoms. The molecule has 0 aliphatic carbocycles. The summed E-state index contributed by atoms with van der Waals surface area (Å²) in [5.74, 6) is 0.0172. The van der Waals surface area contributed by atoms with Crippen molar-refractivity contribution in [2.45, 2.75) is 70.8 Å². The maximum absolute atomic E-state index is 11.7. The lowest BCUT2D eigenvalue weighted by Crippen LogP contribution is -2.45. The molecule has 0 spiro atoms. The van der Waals surface area contributed by atoms with Gasteiger partial charge in [-0.25, -0.2) is 9.97 Å². The molecule has 0 aliphatic rings. The van der Waals surface area contributed by atoms with Gasteiger partial charge in [0, 0.05) is 16.8 Å². The number of rotatable bonds is 9. The highest BCUT2D eigenvalue weighted by atomic mass is 35.5. The first-order chi connectivity index (χ1) is 17.4. The van der Waals surface area contributed by atoms with Crippen molar-refractivity contribution < 1.29 is 13.6 Å². The average molecular weight is 539 g/mol. The van der Waals surface area contributed by atoms with Crippen LogP contribution in [-0.2, 0) is 10.8 Å². The predicted octanol–water partition coefficient (Wildman–Crippen LogP) is 7.03. The smallest absolute Gasteiger partial charge is 0.268 e. The lowest BCUT2D eigenvalue weighted by molar-refractivity contribution is 0.0995. The van der Waals surface area contributed by atoms with Crippen LogP contribution in [0.1, 0.15) is 56.2 Å². The van der Waals surface area contributed by atoms with Crippen molar-refractivity contribution in [3.05, 3.63) is 71.3 Å². The van der Waals surface area contributed by atoms with Gasteiger partial charge in [0.15, 0.2) is 13.9 Å². The summed E-state index contributed by atoms with van der Waals surface area (Å²) in [5, 5.41) is 0.739. The Kier molecular flexibility index (Phi) is 7.64. The van der Waals surface area contributed by atoms with Crippen LogP contribution >= 0.6 is 11.6 Å². The molecule has 2 atom stereocenters. The number of aryl methyl sites for hydroxylation is 1. The van der Waals surface area contributed by atoms with Crippen LogP contribution < -0.4 is 5.73 Å². The van der Waals surface area contributed by atoms with Gasteiger partial charge < -0.3 is 19.1 Å². The van der Waals surface area contributed by atoms with E-state index in [2.05, 4.69) is 51.8 Å². The Morgan fingerprint density at radius 3 is 2.51 bits per heavy atom. The zero-order chi connectivity index (χ0) is 27.0. The Morgan fingerprint density at radius 2 is 1.89 bits per heavy atom. The molecule has 0 saturated heterocycles. The normalized spacial score (nSPS) is 14.1. The highest BCUT2D eigenvalue weighted by molar-refractivity contribution is 6.74. The number of carbonyl (C=O) groups is 1. The Hall–Kier alpha value is -2.94. The van der Waals surface area contributed by atoms with E-state index in [0.717, 1.165) is 35.1 Å².